The van der Waals surface area contributed by atoms with E-state index in [1.165, 1.54) is 6.92 Å². The third kappa shape index (κ3) is 6.06. The van der Waals surface area contributed by atoms with Gasteiger partial charge in [0.05, 0.1) is 37.2 Å². The highest BCUT2D eigenvalue weighted by atomic mass is 32.2. The molecule has 0 radical (unpaired) electrons. The third-order valence-corrected chi connectivity index (χ3v) is 7.92. The Morgan fingerprint density at radius 1 is 1.12 bits per heavy atom. The van der Waals surface area contributed by atoms with Gasteiger partial charge in [0, 0.05) is 18.8 Å². The Labute approximate surface area is 235 Å². The van der Waals surface area contributed by atoms with Crippen LogP contribution in [-0.2, 0) is 23.9 Å². The number of carbonyl (C=O) groups is 3. The van der Waals surface area contributed by atoms with Gasteiger partial charge in [-0.1, -0.05) is 35.5 Å². The number of amidine groups is 1. The highest BCUT2D eigenvalue weighted by molar-refractivity contribution is 8.16. The van der Waals surface area contributed by atoms with E-state index in [1.807, 2.05) is 13.0 Å². The van der Waals surface area contributed by atoms with Crippen LogP contribution in [0.2, 0.25) is 0 Å². The molecule has 12 heteroatoms. The van der Waals surface area contributed by atoms with E-state index in [4.69, 9.17) is 9.47 Å². The molecule has 1 aromatic rings. The minimum atomic E-state index is -4.91. The number of likely N-dealkylation sites (tertiary alicyclic amines) is 1. The van der Waals surface area contributed by atoms with Crippen molar-refractivity contribution in [3.8, 4) is 0 Å². The van der Waals surface area contributed by atoms with Crippen LogP contribution in [0.25, 0.3) is 0 Å². The van der Waals surface area contributed by atoms with Gasteiger partial charge in [-0.3, -0.25) is 9.59 Å². The minimum Gasteiger partial charge on any atom is -0.466 e. The first-order valence-corrected chi connectivity index (χ1v) is 14.1. The molecule has 40 heavy (non-hydrogen) atoms. The number of esters is 2. The van der Waals surface area contributed by atoms with E-state index in [-0.39, 0.29) is 43.2 Å². The molecule has 1 saturated heterocycles. The molecule has 0 spiro atoms. The normalized spacial score (nSPS) is 21.1. The van der Waals surface area contributed by atoms with E-state index in [0.29, 0.717) is 36.2 Å². The second-order valence-electron chi connectivity index (χ2n) is 9.84. The van der Waals surface area contributed by atoms with Gasteiger partial charge in [0.2, 0.25) is 5.91 Å². The van der Waals surface area contributed by atoms with Crippen molar-refractivity contribution in [1.82, 2.24) is 9.80 Å². The molecule has 216 valence electrons. The maximum Gasteiger partial charge on any atom is 0.434 e. The summed E-state index contributed by atoms with van der Waals surface area (Å²) in [6, 6.07) is 4.16. The van der Waals surface area contributed by atoms with E-state index in [1.54, 1.807) is 41.2 Å². The van der Waals surface area contributed by atoms with Crippen LogP contribution in [0.4, 0.5) is 13.2 Å². The molecule has 3 aliphatic rings. The number of thioether (sulfide) groups is 1. The molecule has 3 aliphatic heterocycles. The van der Waals surface area contributed by atoms with Crippen LogP contribution in [0.3, 0.4) is 0 Å². The third-order valence-electron chi connectivity index (χ3n) is 7.03. The molecule has 3 heterocycles. The molecule has 1 fully saturated rings. The number of hydrogen-bond donors (Lipinski definition) is 0. The molecule has 4 rings (SSSR count). The van der Waals surface area contributed by atoms with E-state index in [9.17, 15) is 27.6 Å². The highest BCUT2D eigenvalue weighted by Gasteiger charge is 2.49. The fourth-order valence-electron chi connectivity index (χ4n) is 5.16. The summed E-state index contributed by atoms with van der Waals surface area (Å²) in [4.78, 5) is 45.9. The molecule has 0 unspecified atom stereocenters. The summed E-state index contributed by atoms with van der Waals surface area (Å²) in [5, 5.41) is 1.63. The van der Waals surface area contributed by atoms with E-state index in [2.05, 4.69) is 4.99 Å². The van der Waals surface area contributed by atoms with Crippen LogP contribution in [0.5, 0.6) is 0 Å². The quantitative estimate of drug-likeness (QED) is 0.412. The van der Waals surface area contributed by atoms with Crippen molar-refractivity contribution in [2.45, 2.75) is 59.2 Å². The largest absolute Gasteiger partial charge is 0.466 e. The van der Waals surface area contributed by atoms with Gasteiger partial charge in [0.15, 0.2) is 10.9 Å². The highest BCUT2D eigenvalue weighted by Crippen LogP contribution is 2.49. The molecule has 0 N–H and O–H groups in total. The van der Waals surface area contributed by atoms with Gasteiger partial charge in [0.1, 0.15) is 0 Å². The van der Waals surface area contributed by atoms with Crippen LogP contribution in [0.15, 0.2) is 45.6 Å². The number of rotatable bonds is 7. The number of allylic oxidation sites excluding steroid dienone is 1. The summed E-state index contributed by atoms with van der Waals surface area (Å²) in [5.74, 6) is -2.16. The summed E-state index contributed by atoms with van der Waals surface area (Å²) in [5.41, 5.74) is 0.460. The number of fused-ring (bicyclic) bond motifs is 1. The molecule has 0 aliphatic carbocycles. The van der Waals surface area contributed by atoms with Gasteiger partial charge in [-0.25, -0.2) is 9.79 Å². The smallest absolute Gasteiger partial charge is 0.434 e. The number of aryl methyl sites for hydroxylation is 2. The summed E-state index contributed by atoms with van der Waals surface area (Å²) in [6.45, 7) is 7.63. The number of hydrogen-bond acceptors (Lipinski definition) is 8. The maximum absolute atomic E-state index is 14.3. The molecule has 1 aromatic carbocycles. The van der Waals surface area contributed by atoms with Crippen molar-refractivity contribution in [3.05, 3.63) is 57.3 Å². The fraction of sp³-hybridized carbons (Fsp3) is 0.500. The molecule has 2 atom stereocenters. The van der Waals surface area contributed by atoms with Crippen LogP contribution < -0.4 is 0 Å². The predicted octanol–water partition coefficient (Wildman–Crippen LogP) is 5.18. The minimum absolute atomic E-state index is 0.0251. The molecule has 0 saturated carbocycles. The second kappa shape index (κ2) is 12.1. The SMILES string of the molecule is CCOC(=O)C1=C(C(F)(F)F)N=C2SC=C(CC(=O)N3CCC[C@H](C(=O)OCC)C3)N2[C@@H]1c1cc(C)ccc1C. The van der Waals surface area contributed by atoms with Gasteiger partial charge in [0.25, 0.3) is 0 Å². The molecule has 1 amide bonds. The first-order valence-electron chi connectivity index (χ1n) is 13.2. The summed E-state index contributed by atoms with van der Waals surface area (Å²) in [6.07, 6.45) is -3.80. The Bertz CT molecular complexity index is 1290. The van der Waals surface area contributed by atoms with Crippen LogP contribution in [0.1, 0.15) is 55.8 Å². The van der Waals surface area contributed by atoms with Crippen molar-refractivity contribution in [1.29, 1.82) is 0 Å². The average molecular weight is 580 g/mol. The monoisotopic (exact) mass is 579 g/mol. The van der Waals surface area contributed by atoms with Crippen molar-refractivity contribution in [3.63, 3.8) is 0 Å². The Morgan fingerprint density at radius 3 is 2.52 bits per heavy atom. The van der Waals surface area contributed by atoms with Crippen molar-refractivity contribution in [2.24, 2.45) is 10.9 Å². The summed E-state index contributed by atoms with van der Waals surface area (Å²) < 4.78 is 53.2. The van der Waals surface area contributed by atoms with E-state index in [0.717, 1.165) is 17.3 Å². The van der Waals surface area contributed by atoms with Crippen molar-refractivity contribution in [2.75, 3.05) is 26.3 Å². The number of amides is 1. The molecule has 8 nitrogen and oxygen atoms in total. The standard InChI is InChI=1S/C28H32F3N3O5S/c1-5-38-25(36)18-8-7-11-33(14-18)21(35)13-19-15-40-27-32-24(28(29,30)31)22(26(37)39-6-2)23(34(19)27)20-12-16(3)9-10-17(20)4/h9-10,12,15,18,23H,5-8,11,13-14H2,1-4H3/t18-,23+/m0/s1. The van der Waals surface area contributed by atoms with Gasteiger partial charge in [-0.05, 0) is 57.1 Å². The van der Waals surface area contributed by atoms with Crippen LogP contribution in [0, 0.1) is 19.8 Å². The lowest BCUT2D eigenvalue weighted by Gasteiger charge is -2.38. The predicted molar refractivity (Wildman–Crippen MR) is 144 cm³/mol. The molecule has 0 bridgehead atoms. The number of halogens is 3. The fourth-order valence-corrected chi connectivity index (χ4v) is 6.08. The number of carbonyl (C=O) groups excluding carboxylic acids is 3. The first kappa shape index (κ1) is 29.7. The van der Waals surface area contributed by atoms with E-state index < -0.39 is 35.4 Å². The number of alkyl halides is 3. The van der Waals surface area contributed by atoms with Gasteiger partial charge in [-0.15, -0.1) is 0 Å². The van der Waals surface area contributed by atoms with Crippen molar-refractivity contribution >= 4 is 34.8 Å². The Morgan fingerprint density at radius 2 is 1.85 bits per heavy atom. The summed E-state index contributed by atoms with van der Waals surface area (Å²) in [7, 11) is 0. The maximum atomic E-state index is 14.3. The van der Waals surface area contributed by atoms with Crippen LogP contribution in [-0.4, -0.2) is 65.3 Å². The Hall–Kier alpha value is -3.28. The lowest BCUT2D eigenvalue weighted by atomic mass is 9.89. The zero-order chi connectivity index (χ0) is 29.2. The first-order chi connectivity index (χ1) is 19.0. The number of piperidine rings is 1. The van der Waals surface area contributed by atoms with Gasteiger partial charge in [-0.2, -0.15) is 13.2 Å². The lowest BCUT2D eigenvalue weighted by molar-refractivity contribution is -0.151. The average Bonchev–Trinajstić information content (AvgIpc) is 3.31. The number of ether oxygens (including phenoxy) is 2. The van der Waals surface area contributed by atoms with E-state index >= 15 is 0 Å². The van der Waals surface area contributed by atoms with Crippen LogP contribution >= 0.6 is 11.8 Å². The molecule has 0 aromatic heterocycles. The second-order valence-corrected chi connectivity index (χ2v) is 10.7. The topological polar surface area (TPSA) is 88.5 Å². The van der Waals surface area contributed by atoms with Crippen molar-refractivity contribution < 1.29 is 37.0 Å². The zero-order valence-corrected chi connectivity index (χ0v) is 23.7. The van der Waals surface area contributed by atoms with Gasteiger partial charge >= 0.3 is 18.1 Å². The van der Waals surface area contributed by atoms with Gasteiger partial charge < -0.3 is 19.3 Å². The molecular weight excluding hydrogens is 547 g/mol. The summed E-state index contributed by atoms with van der Waals surface area (Å²) >= 11 is 0.973. The molecular formula is C28H32F3N3O5S. The zero-order valence-electron chi connectivity index (χ0n) is 22.8. The number of aliphatic imine (C=N–C) groups is 1. The lowest BCUT2D eigenvalue weighted by Crippen LogP contribution is -2.44. The number of benzene rings is 1. The number of nitrogens with zero attached hydrogens (tertiary/aromatic N) is 3. The Kier molecular flexibility index (Phi) is 8.96. The Balaban J connectivity index is 1.72.